The molecule has 3 heterocycles. The fourth-order valence-corrected chi connectivity index (χ4v) is 3.70. The molecule has 2 aromatic heterocycles. The largest absolute Gasteiger partial charge is 0.483 e. The van der Waals surface area contributed by atoms with Crippen LogP contribution < -0.4 is 15.4 Å². The third-order valence-corrected chi connectivity index (χ3v) is 5.64. The number of amides is 3. The standard InChI is InChI=1S/C23H21F4N5O5/c1-31(2)18(34)9-32-17(30-15-5-3-4-14(24)13(15)8-28-11-33)10-36-20-19-16(37-21(20)22(32)35)6-12(7-29-19)23(25,26)27/h3-7,11,17,30H,8-10H2,1-2H3,(H,28,33)/t17-/m0/s1. The lowest BCUT2D eigenvalue weighted by Crippen LogP contribution is -2.50. The SMILES string of the molecule is CN(C)C(=O)CN1C(=O)c2oc3cc(C(F)(F)F)cnc3c2OC[C@H]1Nc1cccc(F)c1CNC=O. The summed E-state index contributed by atoms with van der Waals surface area (Å²) in [4.78, 5) is 42.9. The Balaban J connectivity index is 1.74. The molecule has 3 aromatic rings. The molecule has 0 unspecified atom stereocenters. The van der Waals surface area contributed by atoms with Crippen molar-refractivity contribution in [2.24, 2.45) is 0 Å². The lowest BCUT2D eigenvalue weighted by atomic mass is 10.1. The predicted molar refractivity (Wildman–Crippen MR) is 121 cm³/mol. The number of ether oxygens (including phenoxy) is 1. The van der Waals surface area contributed by atoms with Crippen LogP contribution in [-0.2, 0) is 22.3 Å². The molecule has 0 saturated carbocycles. The van der Waals surface area contributed by atoms with E-state index < -0.39 is 47.8 Å². The Bertz CT molecular complexity index is 1360. The first-order valence-corrected chi connectivity index (χ1v) is 10.9. The first-order valence-electron chi connectivity index (χ1n) is 10.9. The lowest BCUT2D eigenvalue weighted by molar-refractivity contribution is -0.137. The highest BCUT2D eigenvalue weighted by molar-refractivity contribution is 6.02. The first-order chi connectivity index (χ1) is 17.5. The predicted octanol–water partition coefficient (Wildman–Crippen LogP) is 2.59. The summed E-state index contributed by atoms with van der Waals surface area (Å²) >= 11 is 0. The van der Waals surface area contributed by atoms with E-state index in [4.69, 9.17) is 9.15 Å². The normalized spacial score (nSPS) is 15.6. The van der Waals surface area contributed by atoms with E-state index in [1.807, 2.05) is 0 Å². The molecule has 1 aromatic carbocycles. The molecule has 1 atom stereocenters. The van der Waals surface area contributed by atoms with E-state index in [1.54, 1.807) is 0 Å². The third-order valence-electron chi connectivity index (χ3n) is 5.64. The average Bonchev–Trinajstić information content (AvgIpc) is 3.16. The quantitative estimate of drug-likeness (QED) is 0.361. The first kappa shape index (κ1) is 25.7. The van der Waals surface area contributed by atoms with Crippen molar-refractivity contribution in [3.63, 3.8) is 0 Å². The van der Waals surface area contributed by atoms with Gasteiger partial charge in [-0.3, -0.25) is 14.4 Å². The molecule has 10 nitrogen and oxygen atoms in total. The molecule has 0 radical (unpaired) electrons. The van der Waals surface area contributed by atoms with Gasteiger partial charge in [-0.15, -0.1) is 0 Å². The maximum Gasteiger partial charge on any atom is 0.418 e. The third kappa shape index (κ3) is 5.13. The Morgan fingerprint density at radius 1 is 1.32 bits per heavy atom. The number of carbonyl (C=O) groups is 3. The molecule has 3 amide bonds. The maximum absolute atomic E-state index is 14.5. The van der Waals surface area contributed by atoms with Crippen LogP contribution in [0.25, 0.3) is 11.1 Å². The molecule has 14 heteroatoms. The summed E-state index contributed by atoms with van der Waals surface area (Å²) < 4.78 is 65.1. The number of hydrogen-bond acceptors (Lipinski definition) is 7. The van der Waals surface area contributed by atoms with Crippen molar-refractivity contribution in [1.29, 1.82) is 0 Å². The summed E-state index contributed by atoms with van der Waals surface area (Å²) in [6, 6.07) is 4.82. The molecular weight excluding hydrogens is 502 g/mol. The van der Waals surface area contributed by atoms with E-state index in [0.29, 0.717) is 18.7 Å². The van der Waals surface area contributed by atoms with Gasteiger partial charge in [-0.2, -0.15) is 13.2 Å². The van der Waals surface area contributed by atoms with Crippen molar-refractivity contribution >= 4 is 35.0 Å². The van der Waals surface area contributed by atoms with Crippen LogP contribution in [0.15, 0.2) is 34.9 Å². The minimum atomic E-state index is -4.68. The van der Waals surface area contributed by atoms with Gasteiger partial charge in [0.2, 0.25) is 18.1 Å². The lowest BCUT2D eigenvalue weighted by Gasteiger charge is -2.31. The van der Waals surface area contributed by atoms with Crippen molar-refractivity contribution in [3.05, 3.63) is 53.2 Å². The second kappa shape index (κ2) is 9.95. The topological polar surface area (TPSA) is 117 Å². The molecule has 0 bridgehead atoms. The number of likely N-dealkylation sites (N-methyl/N-ethyl adjacent to an activating group) is 1. The number of nitrogens with one attached hydrogen (secondary N) is 2. The number of pyridine rings is 1. The van der Waals surface area contributed by atoms with Crippen molar-refractivity contribution in [3.8, 4) is 5.75 Å². The van der Waals surface area contributed by atoms with E-state index >= 15 is 0 Å². The van der Waals surface area contributed by atoms with Crippen molar-refractivity contribution in [2.45, 2.75) is 18.9 Å². The molecule has 37 heavy (non-hydrogen) atoms. The van der Waals surface area contributed by atoms with Crippen LogP contribution in [0.4, 0.5) is 23.2 Å². The van der Waals surface area contributed by atoms with Crippen molar-refractivity contribution in [2.75, 3.05) is 32.6 Å². The molecule has 0 aliphatic carbocycles. The molecule has 1 aliphatic rings. The van der Waals surface area contributed by atoms with Gasteiger partial charge in [0.15, 0.2) is 16.8 Å². The maximum atomic E-state index is 14.5. The molecule has 1 aliphatic heterocycles. The zero-order valence-electron chi connectivity index (χ0n) is 19.6. The minimum Gasteiger partial charge on any atom is -0.483 e. The summed E-state index contributed by atoms with van der Waals surface area (Å²) in [6.07, 6.45) is -4.73. The summed E-state index contributed by atoms with van der Waals surface area (Å²) in [5.41, 5.74) is -1.18. The monoisotopic (exact) mass is 523 g/mol. The van der Waals surface area contributed by atoms with E-state index in [9.17, 15) is 31.9 Å². The second-order valence-corrected chi connectivity index (χ2v) is 8.29. The number of benzene rings is 1. The highest BCUT2D eigenvalue weighted by Crippen LogP contribution is 2.38. The van der Waals surface area contributed by atoms with Crippen LogP contribution in [0, 0.1) is 5.82 Å². The molecule has 196 valence electrons. The summed E-state index contributed by atoms with van der Waals surface area (Å²) in [5.74, 6) is -2.56. The van der Waals surface area contributed by atoms with Crippen molar-refractivity contribution in [1.82, 2.24) is 20.1 Å². The van der Waals surface area contributed by atoms with Gasteiger partial charge in [0.05, 0.1) is 5.56 Å². The zero-order valence-corrected chi connectivity index (χ0v) is 19.6. The van der Waals surface area contributed by atoms with Gasteiger partial charge in [0.1, 0.15) is 25.1 Å². The van der Waals surface area contributed by atoms with E-state index in [0.717, 1.165) is 4.90 Å². The smallest absolute Gasteiger partial charge is 0.418 e. The van der Waals surface area contributed by atoms with E-state index in [1.165, 1.54) is 37.2 Å². The Hall–Kier alpha value is -4.36. The van der Waals surface area contributed by atoms with Crippen LogP contribution in [0.5, 0.6) is 5.75 Å². The Labute approximate surface area is 207 Å². The van der Waals surface area contributed by atoms with E-state index in [-0.39, 0.29) is 41.3 Å². The Kier molecular flexibility index (Phi) is 6.92. The molecule has 4 rings (SSSR count). The minimum absolute atomic E-state index is 0.0913. The number of fused-ring (bicyclic) bond motifs is 3. The van der Waals surface area contributed by atoms with Crippen molar-refractivity contribution < 1.29 is 41.1 Å². The number of nitrogens with zero attached hydrogens (tertiary/aromatic N) is 3. The summed E-state index contributed by atoms with van der Waals surface area (Å²) in [6.45, 7) is -0.914. The Morgan fingerprint density at radius 2 is 2.08 bits per heavy atom. The van der Waals surface area contributed by atoms with Gasteiger partial charge >= 0.3 is 6.18 Å². The molecule has 0 fully saturated rings. The molecular formula is C23H21F4N5O5. The van der Waals surface area contributed by atoms with Crippen LogP contribution in [0.1, 0.15) is 21.7 Å². The summed E-state index contributed by atoms with van der Waals surface area (Å²) in [7, 11) is 2.96. The van der Waals surface area contributed by atoms with Gasteiger partial charge in [-0.1, -0.05) is 6.07 Å². The van der Waals surface area contributed by atoms with Crippen LogP contribution in [0.3, 0.4) is 0 Å². The summed E-state index contributed by atoms with van der Waals surface area (Å²) in [5, 5.41) is 5.34. The number of furan rings is 1. The zero-order chi connectivity index (χ0) is 26.9. The molecule has 0 saturated heterocycles. The molecule has 0 spiro atoms. The highest BCUT2D eigenvalue weighted by atomic mass is 19.4. The number of hydrogen-bond donors (Lipinski definition) is 2. The molecule has 2 N–H and O–H groups in total. The number of halogens is 4. The fourth-order valence-electron chi connectivity index (χ4n) is 3.70. The highest BCUT2D eigenvalue weighted by Gasteiger charge is 2.38. The fraction of sp³-hybridized carbons (Fsp3) is 0.304. The average molecular weight is 523 g/mol. The van der Waals surface area contributed by atoms with Gasteiger partial charge in [0, 0.05) is 38.1 Å². The number of rotatable bonds is 7. The van der Waals surface area contributed by atoms with Crippen LogP contribution in [0.2, 0.25) is 0 Å². The van der Waals surface area contributed by atoms with Crippen LogP contribution in [-0.4, -0.2) is 66.4 Å². The van der Waals surface area contributed by atoms with Gasteiger partial charge in [0.25, 0.3) is 5.91 Å². The van der Waals surface area contributed by atoms with E-state index in [2.05, 4.69) is 15.6 Å². The number of carbonyl (C=O) groups excluding carboxylic acids is 3. The second-order valence-electron chi connectivity index (χ2n) is 8.29. The van der Waals surface area contributed by atoms with Crippen LogP contribution >= 0.6 is 0 Å². The van der Waals surface area contributed by atoms with Gasteiger partial charge < -0.3 is 29.6 Å². The van der Waals surface area contributed by atoms with Gasteiger partial charge in [-0.25, -0.2) is 9.37 Å². The van der Waals surface area contributed by atoms with Gasteiger partial charge in [-0.05, 0) is 18.2 Å². The number of aromatic nitrogens is 1. The number of alkyl halides is 3. The Morgan fingerprint density at radius 3 is 2.76 bits per heavy atom. The number of anilines is 1.